The van der Waals surface area contributed by atoms with Gasteiger partial charge >= 0.3 is 0 Å². The molecule has 0 unspecified atom stereocenters. The van der Waals surface area contributed by atoms with Gasteiger partial charge in [-0.05, 0) is 6.92 Å². The number of H-pyrrole nitrogens is 1. The zero-order valence-electron chi connectivity index (χ0n) is 6.92. The van der Waals surface area contributed by atoms with Crippen molar-refractivity contribution in [3.05, 3.63) is 27.5 Å². The maximum Gasteiger partial charge on any atom is 0.252 e. The summed E-state index contributed by atoms with van der Waals surface area (Å²) in [4.78, 5) is 24.3. The highest BCUT2D eigenvalue weighted by atomic mass is 16.3. The first-order valence-electron chi connectivity index (χ1n) is 3.86. The molecule has 0 radical (unpaired) electrons. The molecule has 0 aliphatic carbocycles. The van der Waals surface area contributed by atoms with Crippen molar-refractivity contribution < 1.29 is 9.90 Å². The van der Waals surface area contributed by atoms with E-state index in [1.807, 2.05) is 0 Å². The number of aromatic hydroxyl groups is 1. The number of pyridine rings is 1. The third-order valence-corrected chi connectivity index (χ3v) is 2.09. The molecule has 0 aromatic carbocycles. The van der Waals surface area contributed by atoms with Gasteiger partial charge < -0.3 is 10.4 Å². The summed E-state index contributed by atoms with van der Waals surface area (Å²) in [6.45, 7) is 1.74. The topological polar surface area (TPSA) is 82.2 Å². The van der Waals surface area contributed by atoms with Crippen molar-refractivity contribution in [1.29, 1.82) is 0 Å². The van der Waals surface area contributed by atoms with E-state index in [0.29, 0.717) is 5.56 Å². The van der Waals surface area contributed by atoms with Crippen molar-refractivity contribution >= 4 is 5.91 Å². The van der Waals surface area contributed by atoms with E-state index < -0.39 is 5.56 Å². The first kappa shape index (κ1) is 7.85. The number of amides is 1. The van der Waals surface area contributed by atoms with E-state index in [1.54, 1.807) is 6.92 Å². The van der Waals surface area contributed by atoms with Crippen LogP contribution in [-0.4, -0.2) is 16.0 Å². The lowest BCUT2D eigenvalue weighted by atomic mass is 10.1. The fourth-order valence-electron chi connectivity index (χ4n) is 1.53. The molecule has 1 aliphatic rings. The lowest BCUT2D eigenvalue weighted by Gasteiger charge is -2.04. The zero-order chi connectivity index (χ0) is 9.59. The Balaban J connectivity index is 2.77. The Morgan fingerprint density at radius 2 is 2.15 bits per heavy atom. The summed E-state index contributed by atoms with van der Waals surface area (Å²) in [6.07, 6.45) is 0. The highest BCUT2D eigenvalue weighted by molar-refractivity contribution is 5.99. The van der Waals surface area contributed by atoms with Gasteiger partial charge in [0.1, 0.15) is 0 Å². The predicted octanol–water partition coefficient (Wildman–Crippen LogP) is -0.115. The third kappa shape index (κ3) is 1.00. The molecule has 68 valence electrons. The molecule has 0 fully saturated rings. The fraction of sp³-hybridized carbons (Fsp3) is 0.250. The molecule has 0 spiro atoms. The summed E-state index contributed by atoms with van der Waals surface area (Å²) in [6, 6.07) is 0.938. The maximum atomic E-state index is 11.2. The largest absolute Gasteiger partial charge is 0.494 e. The number of fused-ring (bicyclic) bond motifs is 1. The van der Waals surface area contributed by atoms with Crippen molar-refractivity contribution in [1.82, 2.24) is 10.3 Å². The van der Waals surface area contributed by atoms with Crippen molar-refractivity contribution in [2.75, 3.05) is 0 Å². The molecule has 1 aromatic rings. The minimum absolute atomic E-state index is 0.228. The molecule has 3 N–H and O–H groups in total. The minimum Gasteiger partial charge on any atom is -0.494 e. The van der Waals surface area contributed by atoms with E-state index in [0.717, 1.165) is 0 Å². The monoisotopic (exact) mass is 180 g/mol. The van der Waals surface area contributed by atoms with Crippen LogP contribution in [0, 0.1) is 0 Å². The molecular formula is C8H8N2O3. The Morgan fingerprint density at radius 1 is 1.46 bits per heavy atom. The number of hydrogen-bond donors (Lipinski definition) is 3. The number of nitrogens with one attached hydrogen (secondary N) is 2. The van der Waals surface area contributed by atoms with Gasteiger partial charge in [-0.3, -0.25) is 14.6 Å². The van der Waals surface area contributed by atoms with E-state index in [1.165, 1.54) is 6.07 Å². The molecule has 5 heteroatoms. The standard InChI is InChI=1S/C8H8N2O3/c1-3-6-4(7(12)9-3)2-5(11)10-8(6)13/h2-3H,1H3,(H,9,12)(H2,10,11,13)/t3-/m1/s1. The Hall–Kier alpha value is -1.78. The van der Waals surface area contributed by atoms with E-state index in [-0.39, 0.29) is 23.4 Å². The van der Waals surface area contributed by atoms with Gasteiger partial charge in [0, 0.05) is 11.6 Å². The summed E-state index contributed by atoms with van der Waals surface area (Å²) >= 11 is 0. The Bertz CT molecular complexity index is 436. The average Bonchev–Trinajstić information content (AvgIpc) is 2.27. The normalized spacial score (nSPS) is 19.8. The van der Waals surface area contributed by atoms with Crippen molar-refractivity contribution in [2.24, 2.45) is 0 Å². The van der Waals surface area contributed by atoms with Crippen LogP contribution in [0.25, 0.3) is 0 Å². The first-order valence-corrected chi connectivity index (χ1v) is 3.86. The van der Waals surface area contributed by atoms with E-state index >= 15 is 0 Å². The number of carbonyl (C=O) groups is 1. The number of carbonyl (C=O) groups excluding carboxylic acids is 1. The van der Waals surface area contributed by atoms with E-state index in [4.69, 9.17) is 0 Å². The average molecular weight is 180 g/mol. The summed E-state index contributed by atoms with van der Waals surface area (Å²) in [5, 5.41) is 11.9. The second-order valence-electron chi connectivity index (χ2n) is 3.00. The van der Waals surface area contributed by atoms with Gasteiger partial charge in [0.15, 0.2) is 5.88 Å². The lowest BCUT2D eigenvalue weighted by Crippen LogP contribution is -2.16. The van der Waals surface area contributed by atoms with Crippen molar-refractivity contribution in [2.45, 2.75) is 13.0 Å². The maximum absolute atomic E-state index is 11.2. The quantitative estimate of drug-likeness (QED) is 0.520. The van der Waals surface area contributed by atoms with Crippen LogP contribution in [0.3, 0.4) is 0 Å². The van der Waals surface area contributed by atoms with Crippen LogP contribution >= 0.6 is 0 Å². The van der Waals surface area contributed by atoms with E-state index in [9.17, 15) is 14.7 Å². The van der Waals surface area contributed by atoms with Crippen molar-refractivity contribution in [3.63, 3.8) is 0 Å². The van der Waals surface area contributed by atoms with Crippen LogP contribution in [0.2, 0.25) is 0 Å². The van der Waals surface area contributed by atoms with Crippen molar-refractivity contribution in [3.8, 4) is 5.88 Å². The lowest BCUT2D eigenvalue weighted by molar-refractivity contribution is 0.0958. The summed E-state index contributed by atoms with van der Waals surface area (Å²) in [5.41, 5.74) is 0.249. The number of rotatable bonds is 0. The molecule has 2 rings (SSSR count). The molecule has 2 heterocycles. The second kappa shape index (κ2) is 2.35. The Labute approximate surface area is 73.4 Å². The van der Waals surface area contributed by atoms with Gasteiger partial charge in [-0.2, -0.15) is 0 Å². The van der Waals surface area contributed by atoms with Crippen LogP contribution < -0.4 is 10.9 Å². The Kier molecular flexibility index (Phi) is 1.42. The number of aromatic nitrogens is 1. The van der Waals surface area contributed by atoms with Crippen LogP contribution in [0.4, 0.5) is 0 Å². The van der Waals surface area contributed by atoms with Gasteiger partial charge in [0.05, 0.1) is 11.6 Å². The molecular weight excluding hydrogens is 172 g/mol. The number of hydrogen-bond acceptors (Lipinski definition) is 3. The summed E-state index contributed by atoms with van der Waals surface area (Å²) in [5.74, 6) is -0.544. The molecule has 1 amide bonds. The van der Waals surface area contributed by atoms with Gasteiger partial charge in [-0.1, -0.05) is 0 Å². The van der Waals surface area contributed by atoms with Gasteiger partial charge in [0.25, 0.3) is 11.5 Å². The number of aromatic amines is 1. The highest BCUT2D eigenvalue weighted by Crippen LogP contribution is 2.29. The molecule has 1 aliphatic heterocycles. The fourth-order valence-corrected chi connectivity index (χ4v) is 1.53. The van der Waals surface area contributed by atoms with Crippen LogP contribution in [-0.2, 0) is 0 Å². The molecule has 5 nitrogen and oxygen atoms in total. The zero-order valence-corrected chi connectivity index (χ0v) is 6.92. The predicted molar refractivity (Wildman–Crippen MR) is 44.6 cm³/mol. The molecule has 0 saturated heterocycles. The Morgan fingerprint density at radius 3 is 2.85 bits per heavy atom. The SMILES string of the molecule is C[C@H]1NC(=O)c2cc(=O)[nH]c(O)c21. The third-order valence-electron chi connectivity index (χ3n) is 2.09. The van der Waals surface area contributed by atoms with E-state index in [2.05, 4.69) is 10.3 Å². The van der Waals surface area contributed by atoms with Crippen LogP contribution in [0.1, 0.15) is 28.9 Å². The second-order valence-corrected chi connectivity index (χ2v) is 3.00. The first-order chi connectivity index (χ1) is 6.09. The molecule has 0 saturated carbocycles. The molecule has 1 aromatic heterocycles. The smallest absolute Gasteiger partial charge is 0.252 e. The summed E-state index contributed by atoms with van der Waals surface area (Å²) in [7, 11) is 0. The highest BCUT2D eigenvalue weighted by Gasteiger charge is 2.28. The van der Waals surface area contributed by atoms with Crippen LogP contribution in [0.5, 0.6) is 5.88 Å². The van der Waals surface area contributed by atoms with Gasteiger partial charge in [-0.15, -0.1) is 0 Å². The van der Waals surface area contributed by atoms with Gasteiger partial charge in [0.2, 0.25) is 0 Å². The molecule has 13 heavy (non-hydrogen) atoms. The summed E-state index contributed by atoms with van der Waals surface area (Å²) < 4.78 is 0. The van der Waals surface area contributed by atoms with Crippen LogP contribution in [0.15, 0.2) is 10.9 Å². The minimum atomic E-state index is -0.472. The molecule has 1 atom stereocenters. The van der Waals surface area contributed by atoms with Gasteiger partial charge in [-0.25, -0.2) is 0 Å². The molecule has 0 bridgehead atoms.